The highest BCUT2D eigenvalue weighted by Crippen LogP contribution is 2.28. The van der Waals surface area contributed by atoms with Gasteiger partial charge in [0.1, 0.15) is 0 Å². The number of hydrogen-bond donors (Lipinski definition) is 2. The SMILES string of the molecule is CCC(=O)N/N=C(\C)c1ccc(OCC(=O)O)c(OC)c1. The molecule has 0 aromatic heterocycles. The third kappa shape index (κ3) is 5.13. The highest BCUT2D eigenvalue weighted by atomic mass is 16.5. The van der Waals surface area contributed by atoms with Gasteiger partial charge in [0.15, 0.2) is 18.1 Å². The predicted octanol–water partition coefficient (Wildman–Crippen LogP) is 1.41. The molecule has 0 saturated carbocycles. The van der Waals surface area contributed by atoms with Gasteiger partial charge in [0, 0.05) is 12.0 Å². The van der Waals surface area contributed by atoms with Crippen molar-refractivity contribution in [3.05, 3.63) is 23.8 Å². The maximum absolute atomic E-state index is 11.2. The molecule has 0 aliphatic rings. The van der Waals surface area contributed by atoms with E-state index in [1.807, 2.05) is 0 Å². The van der Waals surface area contributed by atoms with Crippen LogP contribution in [0.4, 0.5) is 0 Å². The summed E-state index contributed by atoms with van der Waals surface area (Å²) in [6.07, 6.45) is 0.349. The van der Waals surface area contributed by atoms with Crippen LogP contribution in [-0.4, -0.2) is 36.4 Å². The number of nitrogens with zero attached hydrogens (tertiary/aromatic N) is 1. The van der Waals surface area contributed by atoms with E-state index in [0.29, 0.717) is 23.6 Å². The molecule has 2 N–H and O–H groups in total. The normalized spacial score (nSPS) is 10.9. The molecule has 0 radical (unpaired) electrons. The first kappa shape index (κ1) is 16.5. The number of amides is 1. The summed E-state index contributed by atoms with van der Waals surface area (Å²) in [4.78, 5) is 21.7. The average molecular weight is 294 g/mol. The van der Waals surface area contributed by atoms with E-state index in [-0.39, 0.29) is 5.91 Å². The van der Waals surface area contributed by atoms with Crippen LogP contribution in [0.15, 0.2) is 23.3 Å². The largest absolute Gasteiger partial charge is 0.493 e. The highest BCUT2D eigenvalue weighted by molar-refractivity contribution is 5.99. The molecule has 21 heavy (non-hydrogen) atoms. The zero-order valence-electron chi connectivity index (χ0n) is 12.2. The van der Waals surface area contributed by atoms with Gasteiger partial charge >= 0.3 is 5.97 Å². The number of ether oxygens (including phenoxy) is 2. The molecule has 0 fully saturated rings. The van der Waals surface area contributed by atoms with Crippen LogP contribution in [0.2, 0.25) is 0 Å². The minimum atomic E-state index is -1.07. The molecular formula is C14H18N2O5. The molecule has 0 heterocycles. The number of benzene rings is 1. The number of carbonyl (C=O) groups is 2. The zero-order valence-corrected chi connectivity index (χ0v) is 12.2. The fraction of sp³-hybridized carbons (Fsp3) is 0.357. The first-order valence-corrected chi connectivity index (χ1v) is 6.34. The fourth-order valence-corrected chi connectivity index (χ4v) is 1.44. The maximum Gasteiger partial charge on any atom is 0.341 e. The topological polar surface area (TPSA) is 97.2 Å². The lowest BCUT2D eigenvalue weighted by Crippen LogP contribution is -2.17. The van der Waals surface area contributed by atoms with E-state index in [2.05, 4.69) is 10.5 Å². The molecule has 1 aromatic carbocycles. The van der Waals surface area contributed by atoms with Gasteiger partial charge in [0.05, 0.1) is 12.8 Å². The lowest BCUT2D eigenvalue weighted by Gasteiger charge is -2.11. The van der Waals surface area contributed by atoms with Crippen LogP contribution in [0.1, 0.15) is 25.8 Å². The second-order valence-electron chi connectivity index (χ2n) is 4.13. The van der Waals surface area contributed by atoms with Gasteiger partial charge in [-0.2, -0.15) is 5.10 Å². The Bertz CT molecular complexity index is 554. The number of carbonyl (C=O) groups excluding carboxylic acids is 1. The molecule has 0 saturated heterocycles. The summed E-state index contributed by atoms with van der Waals surface area (Å²) in [5, 5.41) is 12.6. The lowest BCUT2D eigenvalue weighted by molar-refractivity contribution is -0.139. The van der Waals surface area contributed by atoms with Crippen molar-refractivity contribution in [3.8, 4) is 11.5 Å². The van der Waals surface area contributed by atoms with Gasteiger partial charge in [0.2, 0.25) is 5.91 Å². The zero-order chi connectivity index (χ0) is 15.8. The van der Waals surface area contributed by atoms with E-state index in [9.17, 15) is 9.59 Å². The Morgan fingerprint density at radius 3 is 2.62 bits per heavy atom. The van der Waals surface area contributed by atoms with E-state index in [1.165, 1.54) is 7.11 Å². The minimum absolute atomic E-state index is 0.178. The standard InChI is InChI=1S/C14H18N2O5/c1-4-13(17)16-15-9(2)10-5-6-11(12(7-10)20-3)21-8-14(18)19/h5-7H,4,8H2,1-3H3,(H,16,17)(H,18,19)/b15-9+. The lowest BCUT2D eigenvalue weighted by atomic mass is 10.1. The van der Waals surface area contributed by atoms with Gasteiger partial charge in [-0.1, -0.05) is 6.92 Å². The van der Waals surface area contributed by atoms with Crippen LogP contribution in [0.3, 0.4) is 0 Å². The number of nitrogens with one attached hydrogen (secondary N) is 1. The third-order valence-corrected chi connectivity index (χ3v) is 2.60. The number of methoxy groups -OCH3 is 1. The van der Waals surface area contributed by atoms with Gasteiger partial charge in [-0.3, -0.25) is 4.79 Å². The highest BCUT2D eigenvalue weighted by Gasteiger charge is 2.09. The monoisotopic (exact) mass is 294 g/mol. The minimum Gasteiger partial charge on any atom is -0.493 e. The van der Waals surface area contributed by atoms with Gasteiger partial charge in [0.25, 0.3) is 0 Å². The first-order valence-electron chi connectivity index (χ1n) is 6.34. The van der Waals surface area contributed by atoms with E-state index in [4.69, 9.17) is 14.6 Å². The molecule has 1 rings (SSSR count). The molecule has 0 bridgehead atoms. The predicted molar refractivity (Wildman–Crippen MR) is 76.8 cm³/mol. The summed E-state index contributed by atoms with van der Waals surface area (Å²) in [6.45, 7) is 3.02. The van der Waals surface area contributed by atoms with Crippen LogP contribution >= 0.6 is 0 Å². The van der Waals surface area contributed by atoms with Crippen molar-refractivity contribution in [1.29, 1.82) is 0 Å². The molecule has 0 aliphatic carbocycles. The fourth-order valence-electron chi connectivity index (χ4n) is 1.44. The third-order valence-electron chi connectivity index (χ3n) is 2.60. The second kappa shape index (κ2) is 7.88. The number of carboxylic acid groups (broad SMARTS) is 1. The van der Waals surface area contributed by atoms with Crippen molar-refractivity contribution in [3.63, 3.8) is 0 Å². The van der Waals surface area contributed by atoms with Crippen LogP contribution in [0.25, 0.3) is 0 Å². The number of rotatable bonds is 7. The average Bonchev–Trinajstić information content (AvgIpc) is 2.49. The maximum atomic E-state index is 11.2. The molecule has 0 atom stereocenters. The van der Waals surface area contributed by atoms with Crippen molar-refractivity contribution < 1.29 is 24.2 Å². The number of carboxylic acids is 1. The van der Waals surface area contributed by atoms with Crippen molar-refractivity contribution in [2.75, 3.05) is 13.7 Å². The Labute approximate surface area is 122 Å². The second-order valence-corrected chi connectivity index (χ2v) is 4.13. The molecule has 7 nitrogen and oxygen atoms in total. The van der Waals surface area contributed by atoms with Crippen LogP contribution < -0.4 is 14.9 Å². The van der Waals surface area contributed by atoms with Gasteiger partial charge in [-0.15, -0.1) is 0 Å². The first-order chi connectivity index (χ1) is 9.97. The summed E-state index contributed by atoms with van der Waals surface area (Å²) < 4.78 is 10.3. The summed E-state index contributed by atoms with van der Waals surface area (Å²) in [7, 11) is 1.46. The Kier molecular flexibility index (Phi) is 6.19. The van der Waals surface area contributed by atoms with Gasteiger partial charge in [-0.05, 0) is 25.1 Å². The Morgan fingerprint density at radius 2 is 2.05 bits per heavy atom. The van der Waals surface area contributed by atoms with E-state index in [0.717, 1.165) is 5.56 Å². The van der Waals surface area contributed by atoms with Crippen LogP contribution in [0.5, 0.6) is 11.5 Å². The van der Waals surface area contributed by atoms with Crippen molar-refractivity contribution in [1.82, 2.24) is 5.43 Å². The summed E-state index contributed by atoms with van der Waals surface area (Å²) in [5.41, 5.74) is 3.75. The molecule has 7 heteroatoms. The van der Waals surface area contributed by atoms with Crippen LogP contribution in [-0.2, 0) is 9.59 Å². The Morgan fingerprint density at radius 1 is 1.33 bits per heavy atom. The molecule has 0 unspecified atom stereocenters. The molecule has 1 amide bonds. The Hall–Kier alpha value is -2.57. The van der Waals surface area contributed by atoms with Crippen LogP contribution in [0, 0.1) is 0 Å². The summed E-state index contributed by atoms with van der Waals surface area (Å²) >= 11 is 0. The van der Waals surface area contributed by atoms with Gasteiger partial charge in [-0.25, -0.2) is 10.2 Å². The van der Waals surface area contributed by atoms with Gasteiger partial charge < -0.3 is 14.6 Å². The Balaban J connectivity index is 2.90. The van der Waals surface area contributed by atoms with E-state index in [1.54, 1.807) is 32.0 Å². The van der Waals surface area contributed by atoms with E-state index < -0.39 is 12.6 Å². The molecule has 114 valence electrons. The molecule has 0 spiro atoms. The van der Waals surface area contributed by atoms with Crippen molar-refractivity contribution in [2.45, 2.75) is 20.3 Å². The van der Waals surface area contributed by atoms with E-state index >= 15 is 0 Å². The quantitative estimate of drug-likeness (QED) is 0.585. The summed E-state index contributed by atoms with van der Waals surface area (Å²) in [5.74, 6) is -0.525. The van der Waals surface area contributed by atoms with Crippen molar-refractivity contribution >= 4 is 17.6 Å². The summed E-state index contributed by atoms with van der Waals surface area (Å²) in [6, 6.07) is 4.96. The molecule has 0 aliphatic heterocycles. The molecule has 1 aromatic rings. The number of hydrogen-bond acceptors (Lipinski definition) is 5. The smallest absolute Gasteiger partial charge is 0.341 e. The molecular weight excluding hydrogens is 276 g/mol. The van der Waals surface area contributed by atoms with Crippen molar-refractivity contribution in [2.24, 2.45) is 5.10 Å². The number of hydrazone groups is 1. The number of aliphatic carboxylic acids is 1.